The van der Waals surface area contributed by atoms with Crippen LogP contribution in [0.2, 0.25) is 0 Å². The first-order valence-corrected chi connectivity index (χ1v) is 7.39. The molecule has 4 rings (SSSR count). The number of fused-ring (bicyclic) bond motifs is 6. The molecule has 4 aromatic rings. The Morgan fingerprint density at radius 2 is 1.78 bits per heavy atom. The second-order valence-corrected chi connectivity index (χ2v) is 6.74. The number of nitrogens with zero attached hydrogens (tertiary/aromatic N) is 3. The predicted molar refractivity (Wildman–Crippen MR) is 89.0 cm³/mol. The lowest BCUT2D eigenvalue weighted by Gasteiger charge is -2.12. The maximum atomic E-state index is 12.4. The molecule has 0 atom stereocenters. The fraction of sp³-hybridized carbons (Fsp3) is 0.235. The number of aromatic nitrogens is 4. The Morgan fingerprint density at radius 1 is 1.09 bits per heavy atom. The Bertz CT molecular complexity index is 1130. The molecule has 116 valence electrons. The number of nitrogens with one attached hydrogen (secondary N) is 1. The van der Waals surface area contributed by atoms with Crippen LogP contribution in [-0.2, 0) is 5.41 Å². The highest BCUT2D eigenvalue weighted by molar-refractivity contribution is 6.22. The minimum atomic E-state index is -0.206. The van der Waals surface area contributed by atoms with Crippen molar-refractivity contribution in [2.24, 2.45) is 0 Å². The Balaban J connectivity index is 2.35. The van der Waals surface area contributed by atoms with E-state index >= 15 is 0 Å². The Kier molecular flexibility index (Phi) is 2.58. The first-order valence-electron chi connectivity index (χ1n) is 7.39. The van der Waals surface area contributed by atoms with Crippen LogP contribution in [0.3, 0.4) is 0 Å². The van der Waals surface area contributed by atoms with Gasteiger partial charge in [-0.2, -0.15) is 0 Å². The summed E-state index contributed by atoms with van der Waals surface area (Å²) < 4.78 is 0.968. The number of benzene rings is 1. The molecule has 0 saturated carbocycles. The largest absolute Gasteiger partial charge is 0.429 e. The average molecular weight is 308 g/mol. The van der Waals surface area contributed by atoms with Crippen LogP contribution in [0.4, 0.5) is 0 Å². The smallest absolute Gasteiger partial charge is 0.256 e. The van der Waals surface area contributed by atoms with Gasteiger partial charge in [0.25, 0.3) is 5.56 Å². The van der Waals surface area contributed by atoms with Crippen LogP contribution < -0.4 is 5.56 Å². The SMILES string of the molecule is CC(C)(C)c1nc2c3cn(O)ccc3c3c(=O)[nH]ccc3c2n1. The molecule has 0 aliphatic heterocycles. The molecule has 0 radical (unpaired) electrons. The van der Waals surface area contributed by atoms with Crippen molar-refractivity contribution >= 4 is 32.6 Å². The van der Waals surface area contributed by atoms with E-state index in [2.05, 4.69) is 15.0 Å². The molecule has 0 bridgehead atoms. The third-order valence-electron chi connectivity index (χ3n) is 4.02. The van der Waals surface area contributed by atoms with Gasteiger partial charge in [-0.05, 0) is 12.1 Å². The first kappa shape index (κ1) is 13.8. The van der Waals surface area contributed by atoms with Crippen molar-refractivity contribution in [1.29, 1.82) is 0 Å². The van der Waals surface area contributed by atoms with E-state index in [4.69, 9.17) is 0 Å². The fourth-order valence-electron chi connectivity index (χ4n) is 2.89. The lowest BCUT2D eigenvalue weighted by molar-refractivity contribution is 0.186. The van der Waals surface area contributed by atoms with E-state index in [0.29, 0.717) is 21.8 Å². The minimum Gasteiger partial charge on any atom is -0.429 e. The summed E-state index contributed by atoms with van der Waals surface area (Å²) in [5.74, 6) is 0.718. The maximum absolute atomic E-state index is 12.4. The van der Waals surface area contributed by atoms with Crippen LogP contribution >= 0.6 is 0 Å². The van der Waals surface area contributed by atoms with Crippen molar-refractivity contribution in [1.82, 2.24) is 19.7 Å². The summed E-state index contributed by atoms with van der Waals surface area (Å²) in [4.78, 5) is 24.4. The van der Waals surface area contributed by atoms with Crippen molar-refractivity contribution in [2.75, 3.05) is 0 Å². The van der Waals surface area contributed by atoms with Gasteiger partial charge in [-0.25, -0.2) is 14.7 Å². The lowest BCUT2D eigenvalue weighted by Crippen LogP contribution is -2.13. The molecular weight excluding hydrogens is 292 g/mol. The van der Waals surface area contributed by atoms with Gasteiger partial charge >= 0.3 is 0 Å². The van der Waals surface area contributed by atoms with E-state index in [1.807, 2.05) is 26.8 Å². The third kappa shape index (κ3) is 1.91. The zero-order chi connectivity index (χ0) is 16.4. The zero-order valence-electron chi connectivity index (χ0n) is 13.1. The molecule has 0 saturated heterocycles. The molecule has 6 nitrogen and oxygen atoms in total. The maximum Gasteiger partial charge on any atom is 0.256 e. The van der Waals surface area contributed by atoms with Crippen molar-refractivity contribution in [2.45, 2.75) is 26.2 Å². The number of imidazole rings is 1. The monoisotopic (exact) mass is 308 g/mol. The number of aromatic amines is 1. The van der Waals surface area contributed by atoms with E-state index < -0.39 is 0 Å². The number of hydrogen-bond donors (Lipinski definition) is 2. The van der Waals surface area contributed by atoms with Crippen LogP contribution in [0, 0.1) is 0 Å². The summed E-state index contributed by atoms with van der Waals surface area (Å²) in [5, 5.41) is 12.6. The highest BCUT2D eigenvalue weighted by Crippen LogP contribution is 2.33. The highest BCUT2D eigenvalue weighted by Gasteiger charge is 2.22. The van der Waals surface area contributed by atoms with Crippen LogP contribution in [-0.4, -0.2) is 24.9 Å². The topological polar surface area (TPSA) is 83.8 Å². The highest BCUT2D eigenvalue weighted by atomic mass is 16.5. The summed E-state index contributed by atoms with van der Waals surface area (Å²) in [6, 6.07) is 3.57. The summed E-state index contributed by atoms with van der Waals surface area (Å²) in [6.45, 7) is 6.14. The molecule has 1 aromatic carbocycles. The number of hydrogen-bond acceptors (Lipinski definition) is 4. The predicted octanol–water partition coefficient (Wildman–Crippen LogP) is 2.96. The van der Waals surface area contributed by atoms with E-state index in [1.165, 1.54) is 6.20 Å². The Hall–Kier alpha value is -2.89. The first-order chi connectivity index (χ1) is 10.9. The van der Waals surface area contributed by atoms with Gasteiger partial charge < -0.3 is 10.2 Å². The molecule has 0 amide bonds. The van der Waals surface area contributed by atoms with Crippen LogP contribution in [0.15, 0.2) is 35.5 Å². The molecular formula is C17H16N4O2. The second-order valence-electron chi connectivity index (χ2n) is 6.74. The van der Waals surface area contributed by atoms with Gasteiger partial charge in [-0.3, -0.25) is 4.79 Å². The van der Waals surface area contributed by atoms with E-state index in [-0.39, 0.29) is 11.0 Å². The van der Waals surface area contributed by atoms with Crippen LogP contribution in [0.1, 0.15) is 26.6 Å². The normalized spacial score (nSPS) is 12.5. The van der Waals surface area contributed by atoms with E-state index in [9.17, 15) is 10.0 Å². The third-order valence-corrected chi connectivity index (χ3v) is 4.02. The Morgan fingerprint density at radius 3 is 2.48 bits per heavy atom. The van der Waals surface area contributed by atoms with Gasteiger partial charge in [0.05, 0.1) is 17.1 Å². The summed E-state index contributed by atoms with van der Waals surface area (Å²) in [7, 11) is 0. The number of H-pyrrole nitrogens is 1. The number of rotatable bonds is 0. The lowest BCUT2D eigenvalue weighted by atomic mass is 9.96. The molecule has 0 spiro atoms. The molecule has 3 aromatic heterocycles. The van der Waals surface area contributed by atoms with Gasteiger partial charge in [0.1, 0.15) is 11.3 Å². The number of pyridine rings is 2. The van der Waals surface area contributed by atoms with Gasteiger partial charge in [0.15, 0.2) is 0 Å². The summed E-state index contributed by atoms with van der Waals surface area (Å²) in [6.07, 6.45) is 4.68. The van der Waals surface area contributed by atoms with Crippen molar-refractivity contribution in [3.05, 3.63) is 46.9 Å². The molecule has 23 heavy (non-hydrogen) atoms. The quantitative estimate of drug-likeness (QED) is 0.386. The fourth-order valence-corrected chi connectivity index (χ4v) is 2.89. The summed E-state index contributed by atoms with van der Waals surface area (Å²) in [5.41, 5.74) is 1.01. The van der Waals surface area contributed by atoms with Crippen molar-refractivity contribution in [3.8, 4) is 0 Å². The molecule has 0 unspecified atom stereocenters. The molecule has 0 fully saturated rings. The van der Waals surface area contributed by atoms with Gasteiger partial charge in [0, 0.05) is 34.0 Å². The van der Waals surface area contributed by atoms with Gasteiger partial charge in [-0.15, -0.1) is 0 Å². The van der Waals surface area contributed by atoms with E-state index in [1.54, 1.807) is 18.5 Å². The second kappa shape index (κ2) is 4.32. The van der Waals surface area contributed by atoms with Crippen LogP contribution in [0.5, 0.6) is 0 Å². The zero-order valence-corrected chi connectivity index (χ0v) is 13.1. The average Bonchev–Trinajstić information content (AvgIpc) is 2.93. The molecule has 6 heteroatoms. The van der Waals surface area contributed by atoms with E-state index in [0.717, 1.165) is 21.3 Å². The van der Waals surface area contributed by atoms with Crippen molar-refractivity contribution in [3.63, 3.8) is 0 Å². The molecule has 0 aliphatic rings. The molecule has 2 N–H and O–H groups in total. The van der Waals surface area contributed by atoms with Gasteiger partial charge in [-0.1, -0.05) is 20.8 Å². The Labute approximate surface area is 131 Å². The minimum absolute atomic E-state index is 0.176. The van der Waals surface area contributed by atoms with Crippen molar-refractivity contribution < 1.29 is 5.21 Å². The molecule has 0 aliphatic carbocycles. The van der Waals surface area contributed by atoms with Crippen LogP contribution in [0.25, 0.3) is 32.6 Å². The standard InChI is InChI=1S/C17H16N4O2/c1-17(2,3)16-19-13-10-4-6-18-15(22)12(10)9-5-7-21(23)8-11(9)14(13)20-16/h4-8,23H,1-3H3,(H,18,22). The van der Waals surface area contributed by atoms with Gasteiger partial charge in [0.2, 0.25) is 0 Å². The molecule has 3 heterocycles. The summed E-state index contributed by atoms with van der Waals surface area (Å²) >= 11 is 0.